The first-order valence-corrected chi connectivity index (χ1v) is 7.02. The summed E-state index contributed by atoms with van der Waals surface area (Å²) >= 11 is 0. The molecule has 0 aliphatic heterocycles. The van der Waals surface area contributed by atoms with Crippen LogP contribution in [0.4, 0.5) is 0 Å². The topological polar surface area (TPSA) is 49.3 Å². The Morgan fingerprint density at radius 2 is 1.89 bits per heavy atom. The first-order chi connectivity index (χ1) is 8.93. The van der Waals surface area contributed by atoms with E-state index in [9.17, 15) is 9.90 Å². The summed E-state index contributed by atoms with van der Waals surface area (Å²) in [6.07, 6.45) is 4.54. The SMILES string of the molecule is Cc1ccc(C(C)(NC2CCCC2)C(=O)O)cc1C. The van der Waals surface area contributed by atoms with Gasteiger partial charge in [-0.2, -0.15) is 0 Å². The Labute approximate surface area is 115 Å². The normalized spacial score (nSPS) is 19.3. The van der Waals surface area contributed by atoms with Crippen molar-refractivity contribution in [2.45, 2.75) is 58.0 Å². The lowest BCUT2D eigenvalue weighted by atomic mass is 9.88. The molecule has 2 rings (SSSR count). The molecule has 104 valence electrons. The van der Waals surface area contributed by atoms with Crippen LogP contribution < -0.4 is 5.32 Å². The molecule has 0 radical (unpaired) electrons. The molecule has 0 heterocycles. The average molecular weight is 261 g/mol. The molecule has 19 heavy (non-hydrogen) atoms. The van der Waals surface area contributed by atoms with Crippen molar-refractivity contribution in [3.8, 4) is 0 Å². The number of aliphatic carboxylic acids is 1. The van der Waals surface area contributed by atoms with Gasteiger partial charge in [0.2, 0.25) is 0 Å². The molecule has 1 atom stereocenters. The molecule has 1 fully saturated rings. The number of hydrogen-bond acceptors (Lipinski definition) is 2. The monoisotopic (exact) mass is 261 g/mol. The predicted molar refractivity (Wildman–Crippen MR) is 76.3 cm³/mol. The molecule has 3 nitrogen and oxygen atoms in total. The van der Waals surface area contributed by atoms with Crippen LogP contribution in [0, 0.1) is 13.8 Å². The van der Waals surface area contributed by atoms with Crippen LogP contribution in [0.3, 0.4) is 0 Å². The summed E-state index contributed by atoms with van der Waals surface area (Å²) in [5, 5.41) is 13.0. The van der Waals surface area contributed by atoms with Crippen LogP contribution >= 0.6 is 0 Å². The number of aryl methyl sites for hydroxylation is 2. The molecule has 0 amide bonds. The van der Waals surface area contributed by atoms with Gasteiger partial charge in [0.1, 0.15) is 5.54 Å². The fourth-order valence-electron chi connectivity index (χ4n) is 2.80. The van der Waals surface area contributed by atoms with Gasteiger partial charge in [-0.1, -0.05) is 31.0 Å². The van der Waals surface area contributed by atoms with Crippen molar-refractivity contribution in [2.75, 3.05) is 0 Å². The van der Waals surface area contributed by atoms with Crippen molar-refractivity contribution in [1.82, 2.24) is 5.32 Å². The first kappa shape index (κ1) is 14.1. The van der Waals surface area contributed by atoms with Gasteiger partial charge in [-0.15, -0.1) is 0 Å². The molecule has 1 saturated carbocycles. The minimum atomic E-state index is -0.993. The minimum Gasteiger partial charge on any atom is -0.480 e. The van der Waals surface area contributed by atoms with E-state index in [1.165, 1.54) is 18.4 Å². The van der Waals surface area contributed by atoms with E-state index in [0.717, 1.165) is 24.0 Å². The van der Waals surface area contributed by atoms with Crippen LogP contribution in [-0.4, -0.2) is 17.1 Å². The highest BCUT2D eigenvalue weighted by atomic mass is 16.4. The molecular weight excluding hydrogens is 238 g/mol. The van der Waals surface area contributed by atoms with Crippen molar-refractivity contribution in [3.63, 3.8) is 0 Å². The van der Waals surface area contributed by atoms with E-state index in [4.69, 9.17) is 0 Å². The maximum atomic E-state index is 11.7. The van der Waals surface area contributed by atoms with Crippen LogP contribution in [-0.2, 0) is 10.3 Å². The Morgan fingerprint density at radius 3 is 2.42 bits per heavy atom. The Hall–Kier alpha value is -1.35. The predicted octanol–water partition coefficient (Wildman–Crippen LogP) is 3.14. The molecule has 2 N–H and O–H groups in total. The standard InChI is InChI=1S/C16H23NO2/c1-11-8-9-13(10-12(11)2)16(3,15(18)19)17-14-6-4-5-7-14/h8-10,14,17H,4-7H2,1-3H3,(H,18,19). The van der Waals surface area contributed by atoms with Gasteiger partial charge >= 0.3 is 5.97 Å². The number of carbonyl (C=O) groups is 1. The Morgan fingerprint density at radius 1 is 1.26 bits per heavy atom. The van der Waals surface area contributed by atoms with Gasteiger partial charge in [-0.3, -0.25) is 5.32 Å². The highest BCUT2D eigenvalue weighted by molar-refractivity contribution is 5.80. The van der Waals surface area contributed by atoms with E-state index in [1.807, 2.05) is 32.0 Å². The van der Waals surface area contributed by atoms with Gasteiger partial charge in [0.25, 0.3) is 0 Å². The molecular formula is C16H23NO2. The highest BCUT2D eigenvalue weighted by Gasteiger charge is 2.37. The highest BCUT2D eigenvalue weighted by Crippen LogP contribution is 2.28. The summed E-state index contributed by atoms with van der Waals surface area (Å²) in [6, 6.07) is 6.24. The van der Waals surface area contributed by atoms with Crippen molar-refractivity contribution in [3.05, 3.63) is 34.9 Å². The summed E-state index contributed by atoms with van der Waals surface area (Å²) in [6.45, 7) is 5.84. The number of carboxylic acid groups (broad SMARTS) is 1. The molecule has 0 saturated heterocycles. The van der Waals surface area contributed by atoms with Crippen LogP contribution in [0.2, 0.25) is 0 Å². The zero-order valence-corrected chi connectivity index (χ0v) is 12.0. The third-order valence-electron chi connectivity index (χ3n) is 4.36. The smallest absolute Gasteiger partial charge is 0.328 e. The first-order valence-electron chi connectivity index (χ1n) is 7.02. The molecule has 0 spiro atoms. The lowest BCUT2D eigenvalue weighted by Gasteiger charge is -2.31. The summed E-state index contributed by atoms with van der Waals surface area (Å²) in [4.78, 5) is 11.7. The summed E-state index contributed by atoms with van der Waals surface area (Å²) in [7, 11) is 0. The van der Waals surface area contributed by atoms with Gasteiger partial charge in [0.05, 0.1) is 0 Å². The van der Waals surface area contributed by atoms with Crippen molar-refractivity contribution in [1.29, 1.82) is 0 Å². The zero-order chi connectivity index (χ0) is 14.0. The van der Waals surface area contributed by atoms with Gasteiger partial charge in [0, 0.05) is 6.04 Å². The van der Waals surface area contributed by atoms with Crippen molar-refractivity contribution >= 4 is 5.97 Å². The van der Waals surface area contributed by atoms with Crippen LogP contribution in [0.1, 0.15) is 49.3 Å². The average Bonchev–Trinajstić information content (AvgIpc) is 2.85. The zero-order valence-electron chi connectivity index (χ0n) is 12.0. The van der Waals surface area contributed by atoms with E-state index >= 15 is 0 Å². The number of hydrogen-bond donors (Lipinski definition) is 2. The lowest BCUT2D eigenvalue weighted by Crippen LogP contribution is -2.50. The quantitative estimate of drug-likeness (QED) is 0.875. The van der Waals surface area contributed by atoms with Gasteiger partial charge in [-0.05, 0) is 50.3 Å². The summed E-state index contributed by atoms with van der Waals surface area (Å²) in [5.74, 6) is -0.803. The molecule has 1 aromatic rings. The third kappa shape index (κ3) is 2.81. The molecule has 0 bridgehead atoms. The lowest BCUT2D eigenvalue weighted by molar-refractivity contribution is -0.145. The van der Waals surface area contributed by atoms with E-state index in [0.29, 0.717) is 6.04 Å². The van der Waals surface area contributed by atoms with E-state index in [-0.39, 0.29) is 0 Å². The second kappa shape index (κ2) is 5.33. The van der Waals surface area contributed by atoms with Gasteiger partial charge in [0.15, 0.2) is 0 Å². The number of nitrogens with one attached hydrogen (secondary N) is 1. The summed E-state index contributed by atoms with van der Waals surface area (Å²) in [5.41, 5.74) is 2.18. The Kier molecular flexibility index (Phi) is 3.95. The van der Waals surface area contributed by atoms with E-state index in [2.05, 4.69) is 5.32 Å². The van der Waals surface area contributed by atoms with Gasteiger partial charge < -0.3 is 5.11 Å². The Bertz CT molecular complexity index is 478. The summed E-state index contributed by atoms with van der Waals surface area (Å²) < 4.78 is 0. The largest absolute Gasteiger partial charge is 0.480 e. The van der Waals surface area contributed by atoms with Crippen LogP contribution in [0.5, 0.6) is 0 Å². The van der Waals surface area contributed by atoms with Gasteiger partial charge in [-0.25, -0.2) is 4.79 Å². The van der Waals surface area contributed by atoms with Crippen LogP contribution in [0.15, 0.2) is 18.2 Å². The minimum absolute atomic E-state index is 0.322. The maximum Gasteiger partial charge on any atom is 0.328 e. The molecule has 1 unspecified atom stereocenters. The fourth-order valence-corrected chi connectivity index (χ4v) is 2.80. The van der Waals surface area contributed by atoms with E-state index in [1.54, 1.807) is 6.92 Å². The molecule has 1 aliphatic rings. The second-order valence-electron chi connectivity index (χ2n) is 5.85. The fraction of sp³-hybridized carbons (Fsp3) is 0.562. The number of carboxylic acids is 1. The molecule has 1 aromatic carbocycles. The van der Waals surface area contributed by atoms with E-state index < -0.39 is 11.5 Å². The number of benzene rings is 1. The maximum absolute atomic E-state index is 11.7. The second-order valence-corrected chi connectivity index (χ2v) is 5.85. The Balaban J connectivity index is 2.31. The molecule has 1 aliphatic carbocycles. The van der Waals surface area contributed by atoms with Crippen LogP contribution in [0.25, 0.3) is 0 Å². The molecule has 0 aromatic heterocycles. The number of rotatable bonds is 4. The van der Waals surface area contributed by atoms with Crippen molar-refractivity contribution < 1.29 is 9.90 Å². The van der Waals surface area contributed by atoms with Crippen molar-refractivity contribution in [2.24, 2.45) is 0 Å². The third-order valence-corrected chi connectivity index (χ3v) is 4.36. The molecule has 3 heteroatoms.